The van der Waals surface area contributed by atoms with Crippen LogP contribution in [0, 0.1) is 5.41 Å². The van der Waals surface area contributed by atoms with Crippen LogP contribution in [0.2, 0.25) is 0 Å². The number of halogens is 1. The van der Waals surface area contributed by atoms with Gasteiger partial charge in [-0.2, -0.15) is 0 Å². The predicted octanol–water partition coefficient (Wildman–Crippen LogP) is 3.60. The van der Waals surface area contributed by atoms with E-state index in [2.05, 4.69) is 60.4 Å². The van der Waals surface area contributed by atoms with Crippen molar-refractivity contribution in [1.29, 1.82) is 0 Å². The summed E-state index contributed by atoms with van der Waals surface area (Å²) in [7, 11) is 4.19. The molecule has 2 rings (SSSR count). The van der Waals surface area contributed by atoms with E-state index in [1.165, 1.54) is 0 Å². The molecule has 0 saturated carbocycles. The van der Waals surface area contributed by atoms with Crippen LogP contribution < -0.4 is 10.6 Å². The molecule has 0 fully saturated rings. The molecular weight excluding hydrogens is 453 g/mol. The van der Waals surface area contributed by atoms with Crippen molar-refractivity contribution in [2.75, 3.05) is 33.7 Å². The third-order valence-electron chi connectivity index (χ3n) is 3.79. The van der Waals surface area contributed by atoms with E-state index in [1.807, 2.05) is 30.3 Å². The summed E-state index contributed by atoms with van der Waals surface area (Å²) < 4.78 is 5.57. The van der Waals surface area contributed by atoms with Gasteiger partial charge in [0.1, 0.15) is 12.0 Å². The Morgan fingerprint density at radius 2 is 1.89 bits per heavy atom. The van der Waals surface area contributed by atoms with E-state index in [-0.39, 0.29) is 29.4 Å². The third-order valence-corrected chi connectivity index (χ3v) is 3.79. The van der Waals surface area contributed by atoms with E-state index >= 15 is 0 Å². The molecule has 1 aromatic carbocycles. The Morgan fingerprint density at radius 3 is 2.52 bits per heavy atom. The molecular formula is C20H32IN5O. The minimum Gasteiger partial charge on any atom is -0.444 e. The lowest BCUT2D eigenvalue weighted by Crippen LogP contribution is -2.44. The number of aromatic nitrogens is 1. The van der Waals surface area contributed by atoms with Crippen LogP contribution in [0.4, 0.5) is 0 Å². The second-order valence-electron chi connectivity index (χ2n) is 7.46. The largest absolute Gasteiger partial charge is 0.444 e. The van der Waals surface area contributed by atoms with Crippen molar-refractivity contribution in [3.05, 3.63) is 42.3 Å². The molecule has 6 nitrogen and oxygen atoms in total. The number of nitrogens with zero attached hydrogens (tertiary/aromatic N) is 3. The van der Waals surface area contributed by atoms with Gasteiger partial charge in [-0.3, -0.25) is 0 Å². The zero-order chi connectivity index (χ0) is 19.0. The second-order valence-corrected chi connectivity index (χ2v) is 7.46. The van der Waals surface area contributed by atoms with Crippen molar-refractivity contribution in [2.24, 2.45) is 10.4 Å². The molecule has 0 saturated heterocycles. The number of nitrogens with one attached hydrogen (secondary N) is 2. The van der Waals surface area contributed by atoms with Crippen LogP contribution in [0.25, 0.3) is 11.5 Å². The molecule has 0 unspecified atom stereocenters. The number of aliphatic imine (C=N–C) groups is 1. The molecule has 27 heavy (non-hydrogen) atoms. The lowest BCUT2D eigenvalue weighted by Gasteiger charge is -2.29. The molecule has 0 spiro atoms. The maximum absolute atomic E-state index is 5.57. The molecule has 0 atom stereocenters. The van der Waals surface area contributed by atoms with Gasteiger partial charge in [-0.25, -0.2) is 9.98 Å². The third kappa shape index (κ3) is 8.30. The van der Waals surface area contributed by atoms with Crippen LogP contribution in [0.15, 0.2) is 46.0 Å². The minimum absolute atomic E-state index is 0. The Morgan fingerprint density at radius 1 is 1.19 bits per heavy atom. The molecule has 1 aromatic heterocycles. The van der Waals surface area contributed by atoms with E-state index < -0.39 is 0 Å². The number of rotatable bonds is 8. The Labute approximate surface area is 179 Å². The minimum atomic E-state index is 0. The van der Waals surface area contributed by atoms with Gasteiger partial charge in [-0.1, -0.05) is 32.0 Å². The van der Waals surface area contributed by atoms with Crippen molar-refractivity contribution < 1.29 is 4.42 Å². The Kier molecular flexibility index (Phi) is 9.79. The Bertz CT molecular complexity index is 697. The first-order valence-corrected chi connectivity index (χ1v) is 9.06. The Hall–Kier alpha value is -1.61. The summed E-state index contributed by atoms with van der Waals surface area (Å²) in [5.41, 5.74) is 1.93. The molecule has 0 aliphatic heterocycles. The van der Waals surface area contributed by atoms with E-state index in [4.69, 9.17) is 4.42 Å². The van der Waals surface area contributed by atoms with Gasteiger partial charge in [0.25, 0.3) is 0 Å². The van der Waals surface area contributed by atoms with E-state index in [9.17, 15) is 0 Å². The van der Waals surface area contributed by atoms with Gasteiger partial charge < -0.3 is 20.0 Å². The monoisotopic (exact) mass is 485 g/mol. The number of benzene rings is 1. The van der Waals surface area contributed by atoms with Crippen molar-refractivity contribution in [3.63, 3.8) is 0 Å². The van der Waals surface area contributed by atoms with Gasteiger partial charge in [0.15, 0.2) is 5.96 Å². The molecule has 2 N–H and O–H groups in total. The highest BCUT2D eigenvalue weighted by atomic mass is 127. The average Bonchev–Trinajstić information content (AvgIpc) is 3.06. The Balaban J connectivity index is 0.00000364. The number of hydrogen-bond donors (Lipinski definition) is 2. The zero-order valence-electron chi connectivity index (χ0n) is 17.0. The molecule has 1 heterocycles. The first-order valence-electron chi connectivity index (χ1n) is 9.06. The van der Waals surface area contributed by atoms with Crippen LogP contribution in [-0.2, 0) is 6.54 Å². The lowest BCUT2D eigenvalue weighted by molar-refractivity contribution is 0.241. The van der Waals surface area contributed by atoms with E-state index in [0.29, 0.717) is 12.4 Å². The SMILES string of the molecule is CCNC(=NCc1coc(-c2ccccc2)n1)NCC(C)(C)CN(C)C.I. The maximum atomic E-state index is 5.57. The first-order chi connectivity index (χ1) is 12.4. The predicted molar refractivity (Wildman–Crippen MR) is 123 cm³/mol. The van der Waals surface area contributed by atoms with Crippen molar-refractivity contribution in [2.45, 2.75) is 27.3 Å². The summed E-state index contributed by atoms with van der Waals surface area (Å²) in [6.07, 6.45) is 1.67. The standard InChI is InChI=1S/C20H31N5O.HI/c1-6-21-19(23-14-20(2,3)15-25(4)5)22-12-17-13-26-18(24-17)16-10-8-7-9-11-16;/h7-11,13H,6,12,14-15H2,1-5H3,(H2,21,22,23);1H. The summed E-state index contributed by atoms with van der Waals surface area (Å²) in [4.78, 5) is 11.4. The first kappa shape index (κ1) is 23.4. The van der Waals surface area contributed by atoms with Crippen molar-refractivity contribution >= 4 is 29.9 Å². The van der Waals surface area contributed by atoms with E-state index in [1.54, 1.807) is 6.26 Å². The second kappa shape index (κ2) is 11.3. The summed E-state index contributed by atoms with van der Waals surface area (Å²) in [6, 6.07) is 9.89. The summed E-state index contributed by atoms with van der Waals surface area (Å²) in [5, 5.41) is 6.71. The normalized spacial score (nSPS) is 12.0. The van der Waals surface area contributed by atoms with Crippen molar-refractivity contribution in [3.8, 4) is 11.5 Å². The highest BCUT2D eigenvalue weighted by Gasteiger charge is 2.19. The summed E-state index contributed by atoms with van der Waals surface area (Å²) in [5.74, 6) is 1.42. The van der Waals surface area contributed by atoms with Crippen LogP contribution in [0.1, 0.15) is 26.5 Å². The maximum Gasteiger partial charge on any atom is 0.226 e. The van der Waals surface area contributed by atoms with Gasteiger partial charge in [-0.15, -0.1) is 24.0 Å². The molecule has 0 aliphatic rings. The molecule has 150 valence electrons. The highest BCUT2D eigenvalue weighted by molar-refractivity contribution is 14.0. The van der Waals surface area contributed by atoms with Gasteiger partial charge in [-0.05, 0) is 38.6 Å². The quantitative estimate of drug-likeness (QED) is 0.340. The van der Waals surface area contributed by atoms with Gasteiger partial charge in [0, 0.05) is 25.2 Å². The molecule has 0 aliphatic carbocycles. The fourth-order valence-electron chi connectivity index (χ4n) is 2.83. The highest BCUT2D eigenvalue weighted by Crippen LogP contribution is 2.18. The molecule has 2 aromatic rings. The van der Waals surface area contributed by atoms with Crippen LogP contribution in [0.5, 0.6) is 0 Å². The number of guanidine groups is 1. The number of hydrogen-bond acceptors (Lipinski definition) is 4. The van der Waals surface area contributed by atoms with Crippen molar-refractivity contribution in [1.82, 2.24) is 20.5 Å². The van der Waals surface area contributed by atoms with Gasteiger partial charge >= 0.3 is 0 Å². The van der Waals surface area contributed by atoms with Gasteiger partial charge in [0.2, 0.25) is 5.89 Å². The lowest BCUT2D eigenvalue weighted by atomic mass is 9.93. The van der Waals surface area contributed by atoms with Crippen LogP contribution in [0.3, 0.4) is 0 Å². The topological polar surface area (TPSA) is 65.7 Å². The van der Waals surface area contributed by atoms with Crippen LogP contribution >= 0.6 is 24.0 Å². The smallest absolute Gasteiger partial charge is 0.226 e. The molecule has 0 bridgehead atoms. The fraction of sp³-hybridized carbons (Fsp3) is 0.500. The van der Waals surface area contributed by atoms with Gasteiger partial charge in [0.05, 0.1) is 6.54 Å². The summed E-state index contributed by atoms with van der Waals surface area (Å²) in [6.45, 7) is 9.68. The fourth-order valence-corrected chi connectivity index (χ4v) is 2.83. The molecule has 0 amide bonds. The summed E-state index contributed by atoms with van der Waals surface area (Å²) >= 11 is 0. The van der Waals surface area contributed by atoms with E-state index in [0.717, 1.165) is 36.9 Å². The molecule has 7 heteroatoms. The van der Waals surface area contributed by atoms with Crippen LogP contribution in [-0.4, -0.2) is 49.6 Å². The molecule has 0 radical (unpaired) electrons. The zero-order valence-corrected chi connectivity index (χ0v) is 19.3. The average molecular weight is 485 g/mol. The number of oxazole rings is 1.